The second-order valence-corrected chi connectivity index (χ2v) is 16.9. The number of halogens is 4. The topological polar surface area (TPSA) is 158 Å². The molecule has 2 amide bonds. The number of carbonyl (C=O) groups is 2. The molecule has 3 atom stereocenters. The number of hydrogen-bond donors (Lipinski definition) is 0. The number of hydrogen-bond acceptors (Lipinski definition) is 12. The Bertz CT molecular complexity index is 2190. The third kappa shape index (κ3) is 8.36. The first-order valence-electron chi connectivity index (χ1n) is 16.6. The molecule has 0 aromatic heterocycles. The number of methoxy groups -OCH3 is 2. The molecule has 0 radical (unpaired) electrons. The molecule has 2 aliphatic rings. The number of nitrogens with zero attached hydrogens (tertiary/aromatic N) is 3. The Balaban J connectivity index is 1.76. The van der Waals surface area contributed by atoms with Crippen molar-refractivity contribution >= 4 is 49.2 Å². The lowest BCUT2D eigenvalue weighted by molar-refractivity contribution is -0.275. The highest BCUT2D eigenvalue weighted by Crippen LogP contribution is 2.55. The van der Waals surface area contributed by atoms with E-state index in [1.54, 1.807) is 25.1 Å². The first-order chi connectivity index (χ1) is 25.6. The zero-order valence-electron chi connectivity index (χ0n) is 30.5. The van der Waals surface area contributed by atoms with Gasteiger partial charge in [0, 0.05) is 49.5 Å². The van der Waals surface area contributed by atoms with Crippen LogP contribution >= 0.6 is 11.6 Å². The van der Waals surface area contributed by atoms with Gasteiger partial charge in [-0.1, -0.05) is 23.2 Å². The van der Waals surface area contributed by atoms with Gasteiger partial charge in [-0.2, -0.15) is 8.42 Å². The molecule has 0 aliphatic carbocycles. The van der Waals surface area contributed by atoms with Gasteiger partial charge >= 0.3 is 6.36 Å². The maximum atomic E-state index is 15.6. The van der Waals surface area contributed by atoms with E-state index in [9.17, 15) is 34.8 Å². The fraction of sp³-hybridized carbons (Fsp3) is 0.429. The molecule has 3 aromatic rings. The van der Waals surface area contributed by atoms with Crippen LogP contribution in [0.4, 0.5) is 18.9 Å². The van der Waals surface area contributed by atoms with Crippen LogP contribution in [0.3, 0.4) is 0 Å². The molecule has 2 aliphatic heterocycles. The van der Waals surface area contributed by atoms with Gasteiger partial charge in [0.15, 0.2) is 11.3 Å². The average molecular weight is 834 g/mol. The number of carbonyl (C=O) groups excluding carboxylic acids is 2. The molecule has 1 saturated heterocycles. The van der Waals surface area contributed by atoms with Crippen LogP contribution in [0, 0.1) is 6.92 Å². The van der Waals surface area contributed by atoms with Gasteiger partial charge in [-0.3, -0.25) is 18.7 Å². The molecule has 14 nitrogen and oxygen atoms in total. The Hall–Kier alpha value is -4.14. The van der Waals surface area contributed by atoms with Crippen molar-refractivity contribution in [3.8, 4) is 17.2 Å². The van der Waals surface area contributed by atoms with Crippen LogP contribution in [0.5, 0.6) is 17.2 Å². The lowest BCUT2D eigenvalue weighted by Gasteiger charge is -2.42. The van der Waals surface area contributed by atoms with Crippen molar-refractivity contribution < 1.29 is 62.7 Å². The molecule has 0 spiro atoms. The summed E-state index contributed by atoms with van der Waals surface area (Å²) in [6.07, 6.45) is -5.05. The van der Waals surface area contributed by atoms with Crippen LogP contribution in [-0.4, -0.2) is 111 Å². The van der Waals surface area contributed by atoms with E-state index in [4.69, 9.17) is 30.0 Å². The van der Waals surface area contributed by atoms with Crippen molar-refractivity contribution in [3.63, 3.8) is 0 Å². The minimum atomic E-state index is -5.34. The Morgan fingerprint density at radius 1 is 0.964 bits per heavy atom. The highest BCUT2D eigenvalue weighted by Gasteiger charge is 2.64. The number of fused-ring (bicyclic) bond motifs is 1. The van der Waals surface area contributed by atoms with Crippen molar-refractivity contribution in [3.05, 3.63) is 76.3 Å². The van der Waals surface area contributed by atoms with Crippen LogP contribution in [0.15, 0.2) is 59.5 Å². The maximum absolute atomic E-state index is 15.6. The lowest BCUT2D eigenvalue weighted by atomic mass is 9.80. The molecule has 20 heteroatoms. The number of benzene rings is 3. The first-order valence-corrected chi connectivity index (χ1v) is 20.2. The first kappa shape index (κ1) is 42.0. The Morgan fingerprint density at radius 2 is 1.67 bits per heavy atom. The Labute approximate surface area is 321 Å². The van der Waals surface area contributed by atoms with Crippen LogP contribution in [0.2, 0.25) is 5.02 Å². The van der Waals surface area contributed by atoms with Gasteiger partial charge in [-0.15, -0.1) is 13.2 Å². The number of aryl methyl sites for hydroxylation is 1. The number of alkyl halides is 3. The largest absolute Gasteiger partial charge is 0.573 e. The number of likely N-dealkylation sites (N-methyl/N-ethyl adjacent to an activating group) is 1. The van der Waals surface area contributed by atoms with Crippen LogP contribution < -0.4 is 18.5 Å². The summed E-state index contributed by atoms with van der Waals surface area (Å²) in [5.74, 6) is -2.86. The van der Waals surface area contributed by atoms with Crippen molar-refractivity contribution in [2.24, 2.45) is 0 Å². The number of amides is 2. The summed E-state index contributed by atoms with van der Waals surface area (Å²) < 4.78 is 120. The highest BCUT2D eigenvalue weighted by atomic mass is 35.5. The van der Waals surface area contributed by atoms with E-state index < -0.39 is 66.6 Å². The third-order valence-corrected chi connectivity index (χ3v) is 11.6. The minimum Gasteiger partial charge on any atom is -0.497 e. The van der Waals surface area contributed by atoms with E-state index in [0.29, 0.717) is 9.87 Å². The van der Waals surface area contributed by atoms with Crippen molar-refractivity contribution in [1.29, 1.82) is 0 Å². The van der Waals surface area contributed by atoms with E-state index in [1.807, 2.05) is 0 Å². The van der Waals surface area contributed by atoms with Crippen molar-refractivity contribution in [2.45, 2.75) is 48.7 Å². The van der Waals surface area contributed by atoms with Gasteiger partial charge in [0.1, 0.15) is 16.4 Å². The van der Waals surface area contributed by atoms with Gasteiger partial charge in [0.2, 0.25) is 5.91 Å². The van der Waals surface area contributed by atoms with Gasteiger partial charge in [-0.25, -0.2) is 12.7 Å². The average Bonchev–Trinajstić information content (AvgIpc) is 3.62. The lowest BCUT2D eigenvalue weighted by Crippen LogP contribution is -2.59. The van der Waals surface area contributed by atoms with Gasteiger partial charge in [-0.05, 0) is 62.2 Å². The Kier molecular flexibility index (Phi) is 12.1. The van der Waals surface area contributed by atoms with Gasteiger partial charge in [0.05, 0.1) is 44.9 Å². The quantitative estimate of drug-likeness (QED) is 0.166. The number of anilines is 1. The zero-order chi connectivity index (χ0) is 40.7. The normalized spacial score (nSPS) is 20.4. The molecule has 2 heterocycles. The number of rotatable bonds is 14. The molecule has 300 valence electrons. The monoisotopic (exact) mass is 833 g/mol. The summed E-state index contributed by atoms with van der Waals surface area (Å²) in [6.45, 7) is 1.37. The number of sulfonamides is 1. The van der Waals surface area contributed by atoms with E-state index in [2.05, 4.69) is 4.74 Å². The molecule has 0 bridgehead atoms. The molecule has 0 N–H and O–H groups in total. The van der Waals surface area contributed by atoms with Crippen LogP contribution in [0.1, 0.15) is 29.5 Å². The van der Waals surface area contributed by atoms with E-state index >= 15 is 4.79 Å². The molecule has 0 saturated carbocycles. The SMILES string of the molecule is COc1ccc(S(=O)(=O)N2C(=O)C(c3cc(C)ccc3OC)(N3C[C@H](OCCCOS(C)(=O)=O)C[C@H]3C(=O)N(C)C)c3cc(Cl)ccc32)c(OC(F)(F)F)c1. The molecule has 1 fully saturated rings. The van der Waals surface area contributed by atoms with Gasteiger partial charge < -0.3 is 23.8 Å². The fourth-order valence-corrected chi connectivity index (χ4v) is 9.01. The summed E-state index contributed by atoms with van der Waals surface area (Å²) in [4.78, 5) is 31.5. The second-order valence-electron chi connectivity index (χ2n) is 13.0. The summed E-state index contributed by atoms with van der Waals surface area (Å²) in [6, 6.07) is 10.3. The van der Waals surface area contributed by atoms with Crippen molar-refractivity contribution in [1.82, 2.24) is 9.80 Å². The predicted octanol–water partition coefficient (Wildman–Crippen LogP) is 4.46. The molecular weight excluding hydrogens is 795 g/mol. The standard InChI is InChI=1S/C35H39ClF3N3O11S2/c1-21-8-12-29(50-5)26(16-21)34(41-20-24(18-28(41)32(43)40(2)3)51-14-7-15-52-54(6,45)46)25-17-22(36)9-11-27(25)42(33(34)44)55(47,48)31-13-10-23(49-4)19-30(31)53-35(37,38)39/h8-13,16-17,19,24,28H,7,14-15,18,20H2,1-6H3/t24-,28+,34?/m1/s1. The highest BCUT2D eigenvalue weighted by molar-refractivity contribution is 7.93. The minimum absolute atomic E-state index is 0.00217. The third-order valence-electron chi connectivity index (χ3n) is 9.06. The Morgan fingerprint density at radius 3 is 2.29 bits per heavy atom. The number of likely N-dealkylation sites (tertiary alicyclic amines) is 1. The molecule has 5 rings (SSSR count). The van der Waals surface area contributed by atoms with E-state index in [0.717, 1.165) is 31.6 Å². The molecular formula is C35H39ClF3N3O11S2. The van der Waals surface area contributed by atoms with E-state index in [1.165, 1.54) is 49.2 Å². The van der Waals surface area contributed by atoms with Gasteiger partial charge in [0.25, 0.3) is 26.0 Å². The molecule has 3 aromatic carbocycles. The van der Waals surface area contributed by atoms with Crippen LogP contribution in [0.25, 0.3) is 0 Å². The van der Waals surface area contributed by atoms with Crippen molar-refractivity contribution in [2.75, 3.05) is 58.6 Å². The summed E-state index contributed by atoms with van der Waals surface area (Å²) in [7, 11) is -3.49. The van der Waals surface area contributed by atoms with E-state index in [-0.39, 0.29) is 65.9 Å². The second kappa shape index (κ2) is 15.8. The molecule has 1 unspecified atom stereocenters. The summed E-state index contributed by atoms with van der Waals surface area (Å²) >= 11 is 6.57. The summed E-state index contributed by atoms with van der Waals surface area (Å²) in [5.41, 5.74) is -1.78. The fourth-order valence-electron chi connectivity index (χ4n) is 6.85. The zero-order valence-corrected chi connectivity index (χ0v) is 32.9. The van der Waals surface area contributed by atoms with Crippen LogP contribution in [-0.2, 0) is 44.2 Å². The summed E-state index contributed by atoms with van der Waals surface area (Å²) in [5, 5.41) is 0.0701. The predicted molar refractivity (Wildman–Crippen MR) is 193 cm³/mol. The smallest absolute Gasteiger partial charge is 0.497 e. The maximum Gasteiger partial charge on any atom is 0.573 e. The number of ether oxygens (including phenoxy) is 4. The molecule has 55 heavy (non-hydrogen) atoms.